The van der Waals surface area contributed by atoms with E-state index >= 15 is 0 Å². The second-order valence-electron chi connectivity index (χ2n) is 13.0. The van der Waals surface area contributed by atoms with E-state index in [1.54, 1.807) is 0 Å². The standard InChI is InChI=1S/C28H50O/c1-19(2)8-6-9-20(3)24-13-14-26-23-12-11-21-18-22(29)15-17-27(21,4)25(23)10-7-16-28(24,26)5/h19-26,29H,6-18H2,1-5H3. The number of rotatable bonds is 5. The van der Waals surface area contributed by atoms with E-state index in [4.69, 9.17) is 0 Å². The van der Waals surface area contributed by atoms with E-state index in [1.165, 1.54) is 70.6 Å². The quantitative estimate of drug-likeness (QED) is 0.496. The largest absolute Gasteiger partial charge is 0.393 e. The molecule has 4 aliphatic rings. The van der Waals surface area contributed by atoms with Crippen LogP contribution in [0.1, 0.15) is 118 Å². The van der Waals surface area contributed by atoms with E-state index < -0.39 is 0 Å². The monoisotopic (exact) mass is 402 g/mol. The zero-order chi connectivity index (χ0) is 20.8. The maximum atomic E-state index is 10.3. The predicted molar refractivity (Wildman–Crippen MR) is 124 cm³/mol. The molecule has 0 aromatic carbocycles. The van der Waals surface area contributed by atoms with Gasteiger partial charge >= 0.3 is 0 Å². The van der Waals surface area contributed by atoms with Crippen LogP contribution in [0.5, 0.6) is 0 Å². The van der Waals surface area contributed by atoms with Crippen LogP contribution >= 0.6 is 0 Å². The molecule has 9 unspecified atom stereocenters. The van der Waals surface area contributed by atoms with Gasteiger partial charge in [0.15, 0.2) is 0 Å². The van der Waals surface area contributed by atoms with Crippen LogP contribution in [0, 0.1) is 52.3 Å². The third-order valence-electron chi connectivity index (χ3n) is 11.1. The van der Waals surface area contributed by atoms with Gasteiger partial charge in [0.05, 0.1) is 6.10 Å². The van der Waals surface area contributed by atoms with Crippen LogP contribution in [0.2, 0.25) is 0 Å². The molecule has 29 heavy (non-hydrogen) atoms. The number of aliphatic hydroxyl groups excluding tert-OH is 1. The molecule has 4 saturated carbocycles. The lowest BCUT2D eigenvalue weighted by Crippen LogP contribution is -2.50. The minimum absolute atomic E-state index is 0.0109. The van der Waals surface area contributed by atoms with E-state index in [-0.39, 0.29) is 6.10 Å². The highest BCUT2D eigenvalue weighted by molar-refractivity contribution is 5.08. The summed E-state index contributed by atoms with van der Waals surface area (Å²) >= 11 is 0. The Labute approximate surface area is 181 Å². The molecule has 0 aromatic rings. The molecule has 4 rings (SSSR count). The molecule has 0 saturated heterocycles. The summed E-state index contributed by atoms with van der Waals surface area (Å²) in [5.41, 5.74) is 1.13. The van der Waals surface area contributed by atoms with E-state index in [2.05, 4.69) is 34.6 Å². The maximum Gasteiger partial charge on any atom is 0.0543 e. The molecule has 0 aliphatic heterocycles. The van der Waals surface area contributed by atoms with Crippen molar-refractivity contribution in [2.75, 3.05) is 0 Å². The van der Waals surface area contributed by atoms with Gasteiger partial charge in [0.25, 0.3) is 0 Å². The van der Waals surface area contributed by atoms with E-state index in [1.807, 2.05) is 0 Å². The molecule has 0 heterocycles. The Morgan fingerprint density at radius 1 is 0.828 bits per heavy atom. The molecule has 0 bridgehead atoms. The Hall–Kier alpha value is -0.0400. The molecule has 0 spiro atoms. The second kappa shape index (κ2) is 8.48. The van der Waals surface area contributed by atoms with Gasteiger partial charge in [-0.1, -0.05) is 60.3 Å². The molecule has 168 valence electrons. The summed E-state index contributed by atoms with van der Waals surface area (Å²) in [4.78, 5) is 0. The molecule has 4 aliphatic carbocycles. The van der Waals surface area contributed by atoms with Gasteiger partial charge in [-0.3, -0.25) is 0 Å². The normalized spacial score (nSPS) is 48.5. The highest BCUT2D eigenvalue weighted by Gasteiger charge is 2.58. The SMILES string of the molecule is CC(C)CCCC(C)C1CCC2C3CCC4CC(O)CCC4(C)C3CCCC12C. The smallest absolute Gasteiger partial charge is 0.0543 e. The van der Waals surface area contributed by atoms with Crippen LogP contribution in [-0.2, 0) is 0 Å². The summed E-state index contributed by atoms with van der Waals surface area (Å²) in [7, 11) is 0. The van der Waals surface area contributed by atoms with Gasteiger partial charge in [-0.15, -0.1) is 0 Å². The summed E-state index contributed by atoms with van der Waals surface area (Å²) in [5.74, 6) is 6.44. The lowest BCUT2D eigenvalue weighted by atomic mass is 9.49. The Kier molecular flexibility index (Phi) is 6.48. The van der Waals surface area contributed by atoms with Gasteiger partial charge in [-0.25, -0.2) is 0 Å². The number of hydrogen-bond acceptors (Lipinski definition) is 1. The maximum absolute atomic E-state index is 10.3. The summed E-state index contributed by atoms with van der Waals surface area (Å²) in [6.45, 7) is 12.7. The molecule has 0 aromatic heterocycles. The van der Waals surface area contributed by atoms with Crippen molar-refractivity contribution in [2.45, 2.75) is 124 Å². The summed E-state index contributed by atoms with van der Waals surface area (Å²) in [5, 5.41) is 10.3. The lowest BCUT2D eigenvalue weighted by Gasteiger charge is -2.56. The van der Waals surface area contributed by atoms with E-state index in [9.17, 15) is 5.11 Å². The van der Waals surface area contributed by atoms with Gasteiger partial charge < -0.3 is 5.11 Å². The second-order valence-corrected chi connectivity index (χ2v) is 13.0. The molecular weight excluding hydrogens is 352 g/mol. The van der Waals surface area contributed by atoms with E-state index in [0.717, 1.165) is 54.3 Å². The van der Waals surface area contributed by atoms with Gasteiger partial charge in [0, 0.05) is 0 Å². The van der Waals surface area contributed by atoms with Crippen LogP contribution in [0.25, 0.3) is 0 Å². The minimum Gasteiger partial charge on any atom is -0.393 e. The van der Waals surface area contributed by atoms with Crippen molar-refractivity contribution in [1.29, 1.82) is 0 Å². The fraction of sp³-hybridized carbons (Fsp3) is 1.00. The molecule has 0 radical (unpaired) electrons. The van der Waals surface area contributed by atoms with Crippen LogP contribution in [0.4, 0.5) is 0 Å². The van der Waals surface area contributed by atoms with Crippen LogP contribution in [0.15, 0.2) is 0 Å². The molecule has 1 heteroatoms. The molecule has 0 amide bonds. The average molecular weight is 403 g/mol. The summed E-state index contributed by atoms with van der Waals surface area (Å²) < 4.78 is 0. The van der Waals surface area contributed by atoms with Crippen molar-refractivity contribution in [2.24, 2.45) is 52.3 Å². The molecule has 4 fully saturated rings. The third-order valence-corrected chi connectivity index (χ3v) is 11.1. The Balaban J connectivity index is 1.50. The highest BCUT2D eigenvalue weighted by atomic mass is 16.3. The number of fused-ring (bicyclic) bond motifs is 5. The molecule has 9 atom stereocenters. The van der Waals surface area contributed by atoms with Gasteiger partial charge in [-0.2, -0.15) is 0 Å². The Morgan fingerprint density at radius 3 is 2.34 bits per heavy atom. The zero-order valence-electron chi connectivity index (χ0n) is 20.3. The van der Waals surface area contributed by atoms with Crippen molar-refractivity contribution < 1.29 is 5.11 Å². The van der Waals surface area contributed by atoms with Crippen LogP contribution in [-0.4, -0.2) is 11.2 Å². The summed E-state index contributed by atoms with van der Waals surface area (Å²) in [6, 6.07) is 0. The number of aliphatic hydroxyl groups is 1. The molecular formula is C28H50O. The zero-order valence-corrected chi connectivity index (χ0v) is 20.3. The fourth-order valence-corrected chi connectivity index (χ4v) is 9.50. The lowest BCUT2D eigenvalue weighted by molar-refractivity contribution is -0.0917. The minimum atomic E-state index is -0.0109. The van der Waals surface area contributed by atoms with Crippen molar-refractivity contribution in [3.05, 3.63) is 0 Å². The fourth-order valence-electron chi connectivity index (χ4n) is 9.50. The summed E-state index contributed by atoms with van der Waals surface area (Å²) in [6.07, 6.45) is 18.1. The van der Waals surface area contributed by atoms with Crippen molar-refractivity contribution in [3.63, 3.8) is 0 Å². The molecule has 1 N–H and O–H groups in total. The Bertz CT molecular complexity index is 555. The third kappa shape index (κ3) is 3.96. The first-order chi connectivity index (χ1) is 13.8. The highest BCUT2D eigenvalue weighted by Crippen LogP contribution is 2.66. The van der Waals surface area contributed by atoms with Crippen LogP contribution < -0.4 is 0 Å². The van der Waals surface area contributed by atoms with Gasteiger partial charge in [0.2, 0.25) is 0 Å². The van der Waals surface area contributed by atoms with Gasteiger partial charge in [0.1, 0.15) is 0 Å². The first-order valence-electron chi connectivity index (χ1n) is 13.4. The van der Waals surface area contributed by atoms with Gasteiger partial charge in [-0.05, 0) is 110 Å². The van der Waals surface area contributed by atoms with Crippen molar-refractivity contribution in [3.8, 4) is 0 Å². The first kappa shape index (κ1) is 22.2. The average Bonchev–Trinajstić information content (AvgIpc) is 2.91. The predicted octanol–water partition coefficient (Wildman–Crippen LogP) is 7.86. The Morgan fingerprint density at radius 2 is 1.59 bits per heavy atom. The van der Waals surface area contributed by atoms with Crippen LogP contribution in [0.3, 0.4) is 0 Å². The van der Waals surface area contributed by atoms with E-state index in [0.29, 0.717) is 10.8 Å². The molecule has 1 nitrogen and oxygen atoms in total. The van der Waals surface area contributed by atoms with Crippen molar-refractivity contribution >= 4 is 0 Å². The van der Waals surface area contributed by atoms with Crippen molar-refractivity contribution in [1.82, 2.24) is 0 Å². The topological polar surface area (TPSA) is 20.2 Å². The number of hydrogen-bond donors (Lipinski definition) is 1. The first-order valence-corrected chi connectivity index (χ1v) is 13.4.